The molecule has 0 amide bonds. The van der Waals surface area contributed by atoms with Crippen molar-refractivity contribution in [2.45, 2.75) is 31.8 Å². The van der Waals surface area contributed by atoms with Crippen molar-refractivity contribution >= 4 is 5.69 Å². The van der Waals surface area contributed by atoms with Gasteiger partial charge >= 0.3 is 0 Å². The number of non-ortho nitro benzene ring substituents is 1. The lowest BCUT2D eigenvalue weighted by Crippen LogP contribution is -2.29. The summed E-state index contributed by atoms with van der Waals surface area (Å²) in [6, 6.07) is 7.30. The van der Waals surface area contributed by atoms with E-state index in [1.165, 1.54) is 6.07 Å². The van der Waals surface area contributed by atoms with Crippen LogP contribution in [-0.4, -0.2) is 11.0 Å². The summed E-state index contributed by atoms with van der Waals surface area (Å²) in [7, 11) is 0. The second kappa shape index (κ2) is 5.59. The quantitative estimate of drug-likeness (QED) is 0.493. The minimum Gasteiger partial charge on any atom is -0.310 e. The third-order valence-electron chi connectivity index (χ3n) is 2.99. The Hall–Kier alpha value is -1.68. The van der Waals surface area contributed by atoms with Crippen molar-refractivity contribution in [1.82, 2.24) is 5.32 Å². The Morgan fingerprint density at radius 1 is 1.41 bits per heavy atom. The van der Waals surface area contributed by atoms with Crippen LogP contribution >= 0.6 is 0 Å². The first-order valence-electron chi connectivity index (χ1n) is 5.87. The van der Waals surface area contributed by atoms with Crippen molar-refractivity contribution in [1.29, 1.82) is 0 Å². The molecule has 0 saturated carbocycles. The highest BCUT2D eigenvalue weighted by Crippen LogP contribution is 2.15. The standard InChI is InChI=1S/C13H16N2O2/c16-15(17)13-8-4-5-11(9-13)10-14-12-6-2-1-3-7-12/h1-2,4-5,8-9,12,14H,3,6-7,10H2. The number of nitrogens with one attached hydrogen (secondary N) is 1. The SMILES string of the molecule is O=[N+]([O-])c1cccc(CNC2CC=CCC2)c1. The summed E-state index contributed by atoms with van der Waals surface area (Å²) in [5, 5.41) is 14.1. The Balaban J connectivity index is 1.92. The molecule has 0 heterocycles. The molecule has 1 atom stereocenters. The van der Waals surface area contributed by atoms with E-state index in [2.05, 4.69) is 17.5 Å². The van der Waals surface area contributed by atoms with Gasteiger partial charge in [0.25, 0.3) is 5.69 Å². The zero-order valence-corrected chi connectivity index (χ0v) is 9.63. The van der Waals surface area contributed by atoms with E-state index >= 15 is 0 Å². The van der Waals surface area contributed by atoms with E-state index in [1.807, 2.05) is 6.07 Å². The number of allylic oxidation sites excluding steroid dienone is 1. The highest BCUT2D eigenvalue weighted by atomic mass is 16.6. The molecule has 0 spiro atoms. The predicted molar refractivity (Wildman–Crippen MR) is 66.7 cm³/mol. The summed E-state index contributed by atoms with van der Waals surface area (Å²) in [5.74, 6) is 0. The lowest BCUT2D eigenvalue weighted by atomic mass is 10.0. The van der Waals surface area contributed by atoms with E-state index in [4.69, 9.17) is 0 Å². The molecule has 4 heteroatoms. The molecule has 1 aliphatic rings. The second-order valence-corrected chi connectivity index (χ2v) is 4.29. The van der Waals surface area contributed by atoms with Crippen LogP contribution in [0.4, 0.5) is 5.69 Å². The lowest BCUT2D eigenvalue weighted by Gasteiger charge is -2.19. The Morgan fingerprint density at radius 3 is 3.00 bits per heavy atom. The summed E-state index contributed by atoms with van der Waals surface area (Å²) in [6.45, 7) is 0.695. The summed E-state index contributed by atoms with van der Waals surface area (Å²) in [5.41, 5.74) is 1.13. The first kappa shape index (κ1) is 11.8. The zero-order chi connectivity index (χ0) is 12.1. The predicted octanol–water partition coefficient (Wildman–Crippen LogP) is 2.79. The number of hydrogen-bond donors (Lipinski definition) is 1. The third kappa shape index (κ3) is 3.39. The minimum atomic E-state index is -0.354. The van der Waals surface area contributed by atoms with Crippen LogP contribution in [0.2, 0.25) is 0 Å². The van der Waals surface area contributed by atoms with Gasteiger partial charge < -0.3 is 5.32 Å². The molecule has 0 aliphatic heterocycles. The van der Waals surface area contributed by atoms with Crippen LogP contribution in [0, 0.1) is 10.1 Å². The van der Waals surface area contributed by atoms with E-state index < -0.39 is 0 Å². The van der Waals surface area contributed by atoms with Crippen LogP contribution in [-0.2, 0) is 6.54 Å². The summed E-state index contributed by atoms with van der Waals surface area (Å²) in [4.78, 5) is 10.3. The number of nitro benzene ring substituents is 1. The average Bonchev–Trinajstić information content (AvgIpc) is 2.38. The fourth-order valence-electron chi connectivity index (χ4n) is 2.02. The van der Waals surface area contributed by atoms with Crippen molar-refractivity contribution in [2.75, 3.05) is 0 Å². The van der Waals surface area contributed by atoms with Gasteiger partial charge in [0.2, 0.25) is 0 Å². The van der Waals surface area contributed by atoms with E-state index in [-0.39, 0.29) is 10.6 Å². The number of rotatable bonds is 4. The monoisotopic (exact) mass is 232 g/mol. The maximum atomic E-state index is 10.6. The van der Waals surface area contributed by atoms with Gasteiger partial charge in [-0.3, -0.25) is 10.1 Å². The summed E-state index contributed by atoms with van der Waals surface area (Å²) >= 11 is 0. The molecule has 2 rings (SSSR count). The molecule has 4 nitrogen and oxygen atoms in total. The fourth-order valence-corrected chi connectivity index (χ4v) is 2.02. The molecule has 0 radical (unpaired) electrons. The molecule has 0 aromatic heterocycles. The maximum Gasteiger partial charge on any atom is 0.269 e. The number of nitro groups is 1. The first-order valence-corrected chi connectivity index (χ1v) is 5.87. The van der Waals surface area contributed by atoms with Gasteiger partial charge in [-0.15, -0.1) is 0 Å². The van der Waals surface area contributed by atoms with Crippen molar-refractivity contribution in [3.8, 4) is 0 Å². The largest absolute Gasteiger partial charge is 0.310 e. The van der Waals surface area contributed by atoms with Crippen LogP contribution in [0.3, 0.4) is 0 Å². The Labute approximate surface area is 100 Å². The van der Waals surface area contributed by atoms with Gasteiger partial charge in [0.1, 0.15) is 0 Å². The molecule has 1 N–H and O–H groups in total. The Morgan fingerprint density at radius 2 is 2.29 bits per heavy atom. The zero-order valence-electron chi connectivity index (χ0n) is 9.63. The lowest BCUT2D eigenvalue weighted by molar-refractivity contribution is -0.384. The Bertz CT molecular complexity index is 429. The molecule has 90 valence electrons. The van der Waals surface area contributed by atoms with Gasteiger partial charge in [-0.1, -0.05) is 24.3 Å². The Kier molecular flexibility index (Phi) is 3.88. The van der Waals surface area contributed by atoms with Gasteiger partial charge in [-0.25, -0.2) is 0 Å². The third-order valence-corrected chi connectivity index (χ3v) is 2.99. The highest BCUT2D eigenvalue weighted by Gasteiger charge is 2.10. The summed E-state index contributed by atoms with van der Waals surface area (Å²) < 4.78 is 0. The molecule has 1 aliphatic carbocycles. The molecular formula is C13H16N2O2. The fraction of sp³-hybridized carbons (Fsp3) is 0.385. The van der Waals surface area contributed by atoms with Crippen molar-refractivity contribution in [3.63, 3.8) is 0 Å². The van der Waals surface area contributed by atoms with Crippen molar-refractivity contribution in [3.05, 3.63) is 52.1 Å². The molecular weight excluding hydrogens is 216 g/mol. The number of hydrogen-bond acceptors (Lipinski definition) is 3. The molecule has 1 unspecified atom stereocenters. The van der Waals surface area contributed by atoms with Gasteiger partial charge in [0.15, 0.2) is 0 Å². The maximum absolute atomic E-state index is 10.6. The molecule has 1 aromatic carbocycles. The van der Waals surface area contributed by atoms with E-state index in [1.54, 1.807) is 12.1 Å². The first-order chi connectivity index (χ1) is 8.25. The molecule has 0 fully saturated rings. The molecule has 0 saturated heterocycles. The van der Waals surface area contributed by atoms with Gasteiger partial charge in [0.05, 0.1) is 4.92 Å². The van der Waals surface area contributed by atoms with Gasteiger partial charge in [-0.05, 0) is 24.8 Å². The number of benzene rings is 1. The topological polar surface area (TPSA) is 55.2 Å². The van der Waals surface area contributed by atoms with Gasteiger partial charge in [-0.2, -0.15) is 0 Å². The van der Waals surface area contributed by atoms with Gasteiger partial charge in [0, 0.05) is 24.7 Å². The van der Waals surface area contributed by atoms with Crippen LogP contribution in [0.25, 0.3) is 0 Å². The van der Waals surface area contributed by atoms with E-state index in [0.29, 0.717) is 12.6 Å². The van der Waals surface area contributed by atoms with Crippen LogP contribution < -0.4 is 5.32 Å². The highest BCUT2D eigenvalue weighted by molar-refractivity contribution is 5.34. The van der Waals surface area contributed by atoms with Crippen LogP contribution in [0.15, 0.2) is 36.4 Å². The number of nitrogens with zero attached hydrogens (tertiary/aromatic N) is 1. The van der Waals surface area contributed by atoms with Crippen molar-refractivity contribution < 1.29 is 4.92 Å². The van der Waals surface area contributed by atoms with E-state index in [9.17, 15) is 10.1 Å². The van der Waals surface area contributed by atoms with Crippen LogP contribution in [0.1, 0.15) is 24.8 Å². The van der Waals surface area contributed by atoms with Crippen molar-refractivity contribution in [2.24, 2.45) is 0 Å². The van der Waals surface area contributed by atoms with E-state index in [0.717, 1.165) is 24.8 Å². The van der Waals surface area contributed by atoms with Crippen LogP contribution in [0.5, 0.6) is 0 Å². The molecule has 1 aromatic rings. The minimum absolute atomic E-state index is 0.160. The normalized spacial score (nSPS) is 19.2. The average molecular weight is 232 g/mol. The molecule has 17 heavy (non-hydrogen) atoms. The summed E-state index contributed by atoms with van der Waals surface area (Å²) in [6.07, 6.45) is 7.70. The second-order valence-electron chi connectivity index (χ2n) is 4.29. The molecule has 0 bridgehead atoms. The smallest absolute Gasteiger partial charge is 0.269 e.